The Bertz CT molecular complexity index is 610. The van der Waals surface area contributed by atoms with Crippen molar-refractivity contribution >= 4 is 10.0 Å². The molecule has 2 rings (SSSR count). The molecule has 1 unspecified atom stereocenters. The van der Waals surface area contributed by atoms with E-state index in [-0.39, 0.29) is 0 Å². The molecule has 4 nitrogen and oxygen atoms in total. The number of halogens is 4. The molecule has 0 saturated carbocycles. The van der Waals surface area contributed by atoms with Crippen LogP contribution in [-0.4, -0.2) is 27.5 Å². The highest BCUT2D eigenvalue weighted by Gasteiger charge is 2.33. The highest BCUT2D eigenvalue weighted by atomic mass is 32.2. The number of piperidine rings is 1. The molecule has 0 amide bonds. The van der Waals surface area contributed by atoms with Gasteiger partial charge in [0.1, 0.15) is 10.7 Å². The minimum Gasteiger partial charge on any atom is -0.315 e. The average molecular weight is 326 g/mol. The molecule has 0 aromatic heterocycles. The van der Waals surface area contributed by atoms with Crippen molar-refractivity contribution in [2.75, 3.05) is 13.1 Å². The van der Waals surface area contributed by atoms with Crippen LogP contribution in [0.5, 0.6) is 0 Å². The first-order valence-corrected chi connectivity index (χ1v) is 7.78. The molecule has 1 fully saturated rings. The zero-order chi connectivity index (χ0) is 15.7. The van der Waals surface area contributed by atoms with Gasteiger partial charge < -0.3 is 5.32 Å². The van der Waals surface area contributed by atoms with E-state index >= 15 is 0 Å². The molecule has 1 aromatic rings. The van der Waals surface area contributed by atoms with Gasteiger partial charge in [0.15, 0.2) is 0 Å². The maximum atomic E-state index is 13.6. The summed E-state index contributed by atoms with van der Waals surface area (Å²) < 4.78 is 77.7. The Hall–Kier alpha value is -1.19. The van der Waals surface area contributed by atoms with Gasteiger partial charge in [0.25, 0.3) is 0 Å². The number of nitrogens with one attached hydrogen (secondary N) is 2. The molecule has 0 radical (unpaired) electrons. The fourth-order valence-electron chi connectivity index (χ4n) is 2.12. The van der Waals surface area contributed by atoms with Crippen LogP contribution in [0.3, 0.4) is 0 Å². The number of hydrogen-bond acceptors (Lipinski definition) is 3. The number of alkyl halides is 3. The van der Waals surface area contributed by atoms with Gasteiger partial charge in [0.05, 0.1) is 5.56 Å². The van der Waals surface area contributed by atoms with Crippen LogP contribution in [0.25, 0.3) is 0 Å². The van der Waals surface area contributed by atoms with Crippen LogP contribution in [0.15, 0.2) is 23.1 Å². The summed E-state index contributed by atoms with van der Waals surface area (Å²) in [4.78, 5) is -0.983. The van der Waals surface area contributed by atoms with E-state index in [0.29, 0.717) is 31.2 Å². The Kier molecular flexibility index (Phi) is 4.54. The number of benzene rings is 1. The summed E-state index contributed by atoms with van der Waals surface area (Å²) in [6.45, 7) is 1.11. The molecule has 0 aliphatic carbocycles. The van der Waals surface area contributed by atoms with Crippen molar-refractivity contribution in [3.05, 3.63) is 29.6 Å². The smallest absolute Gasteiger partial charge is 0.315 e. The Morgan fingerprint density at radius 3 is 2.57 bits per heavy atom. The Morgan fingerprint density at radius 2 is 2.00 bits per heavy atom. The number of hydrogen-bond donors (Lipinski definition) is 2. The molecule has 1 aliphatic rings. The van der Waals surface area contributed by atoms with Crippen molar-refractivity contribution in [3.8, 4) is 0 Å². The molecule has 1 aliphatic heterocycles. The Balaban J connectivity index is 2.30. The number of rotatable bonds is 3. The zero-order valence-corrected chi connectivity index (χ0v) is 11.7. The zero-order valence-electron chi connectivity index (χ0n) is 10.9. The highest BCUT2D eigenvalue weighted by Crippen LogP contribution is 2.31. The van der Waals surface area contributed by atoms with Gasteiger partial charge in [-0.1, -0.05) is 0 Å². The molecular weight excluding hydrogens is 312 g/mol. The van der Waals surface area contributed by atoms with Crippen LogP contribution in [0.4, 0.5) is 17.6 Å². The van der Waals surface area contributed by atoms with E-state index in [2.05, 4.69) is 10.0 Å². The van der Waals surface area contributed by atoms with Crippen molar-refractivity contribution in [1.29, 1.82) is 0 Å². The average Bonchev–Trinajstić information content (AvgIpc) is 2.38. The van der Waals surface area contributed by atoms with Gasteiger partial charge in [-0.15, -0.1) is 0 Å². The maximum Gasteiger partial charge on any atom is 0.416 e. The fourth-order valence-corrected chi connectivity index (χ4v) is 3.49. The van der Waals surface area contributed by atoms with Crippen LogP contribution in [0, 0.1) is 5.82 Å². The summed E-state index contributed by atoms with van der Waals surface area (Å²) in [5, 5.41) is 2.96. The van der Waals surface area contributed by atoms with Gasteiger partial charge in [-0.2, -0.15) is 13.2 Å². The first kappa shape index (κ1) is 16.2. The second kappa shape index (κ2) is 5.90. The second-order valence-corrected chi connectivity index (χ2v) is 6.49. The summed E-state index contributed by atoms with van der Waals surface area (Å²) in [6.07, 6.45) is -3.45. The molecule has 1 heterocycles. The monoisotopic (exact) mass is 326 g/mol. The largest absolute Gasteiger partial charge is 0.416 e. The topological polar surface area (TPSA) is 58.2 Å². The van der Waals surface area contributed by atoms with E-state index in [4.69, 9.17) is 0 Å². The normalized spacial score (nSPS) is 20.5. The fraction of sp³-hybridized carbons (Fsp3) is 0.500. The summed E-state index contributed by atoms with van der Waals surface area (Å²) in [5.74, 6) is -1.21. The molecule has 2 N–H and O–H groups in total. The third-order valence-corrected chi connectivity index (χ3v) is 4.70. The summed E-state index contributed by atoms with van der Waals surface area (Å²) in [7, 11) is -4.34. The highest BCUT2D eigenvalue weighted by molar-refractivity contribution is 7.89. The molecule has 1 atom stereocenters. The minimum absolute atomic E-state index is 0.313. The molecule has 118 valence electrons. The lowest BCUT2D eigenvalue weighted by atomic mass is 10.1. The van der Waals surface area contributed by atoms with Crippen molar-refractivity contribution in [1.82, 2.24) is 10.0 Å². The van der Waals surface area contributed by atoms with Crippen molar-refractivity contribution in [2.24, 2.45) is 0 Å². The molecule has 0 spiro atoms. The molecule has 21 heavy (non-hydrogen) atoms. The lowest BCUT2D eigenvalue weighted by molar-refractivity contribution is -0.137. The van der Waals surface area contributed by atoms with Crippen LogP contribution >= 0.6 is 0 Å². The maximum absolute atomic E-state index is 13.6. The lowest BCUT2D eigenvalue weighted by Crippen LogP contribution is -2.45. The first-order chi connectivity index (χ1) is 9.70. The van der Waals surface area contributed by atoms with E-state index in [1.807, 2.05) is 0 Å². The molecule has 1 aromatic carbocycles. The molecule has 1 saturated heterocycles. The standard InChI is InChI=1S/C12H14F4N2O2S/c13-10-4-3-8(12(14,15)16)6-11(10)21(19,20)18-9-2-1-5-17-7-9/h3-4,6,9,17-18H,1-2,5,7H2. The van der Waals surface area contributed by atoms with Crippen LogP contribution in [0.1, 0.15) is 18.4 Å². The second-order valence-electron chi connectivity index (χ2n) is 4.81. The summed E-state index contributed by atoms with van der Waals surface area (Å²) in [6, 6.07) is 0.874. The van der Waals surface area contributed by atoms with Crippen LogP contribution in [0.2, 0.25) is 0 Å². The number of sulfonamides is 1. The lowest BCUT2D eigenvalue weighted by Gasteiger charge is -2.23. The van der Waals surface area contributed by atoms with Crippen LogP contribution < -0.4 is 10.0 Å². The Labute approximate surface area is 119 Å². The van der Waals surface area contributed by atoms with Gasteiger partial charge in [-0.3, -0.25) is 0 Å². The van der Waals surface area contributed by atoms with Crippen molar-refractivity contribution < 1.29 is 26.0 Å². The minimum atomic E-state index is -4.73. The predicted octanol–water partition coefficient (Wildman–Crippen LogP) is 1.87. The van der Waals surface area contributed by atoms with Gasteiger partial charge in [0.2, 0.25) is 10.0 Å². The first-order valence-electron chi connectivity index (χ1n) is 6.30. The van der Waals surface area contributed by atoms with E-state index in [1.54, 1.807) is 0 Å². The van der Waals surface area contributed by atoms with Crippen molar-refractivity contribution in [2.45, 2.75) is 30.0 Å². The van der Waals surface area contributed by atoms with Gasteiger partial charge >= 0.3 is 6.18 Å². The third kappa shape index (κ3) is 3.92. The molecular formula is C12H14F4N2O2S. The SMILES string of the molecule is O=S(=O)(NC1CCCNC1)c1cc(C(F)(F)F)ccc1F. The Morgan fingerprint density at radius 1 is 1.29 bits per heavy atom. The van der Waals surface area contributed by atoms with Gasteiger partial charge in [-0.25, -0.2) is 17.5 Å². The quantitative estimate of drug-likeness (QED) is 0.834. The molecule has 9 heteroatoms. The van der Waals surface area contributed by atoms with E-state index in [1.165, 1.54) is 0 Å². The third-order valence-electron chi connectivity index (χ3n) is 3.17. The predicted molar refractivity (Wildman–Crippen MR) is 67.6 cm³/mol. The van der Waals surface area contributed by atoms with E-state index in [9.17, 15) is 26.0 Å². The van der Waals surface area contributed by atoms with Gasteiger partial charge in [-0.05, 0) is 37.6 Å². The van der Waals surface area contributed by atoms with Crippen LogP contribution in [-0.2, 0) is 16.2 Å². The summed E-state index contributed by atoms with van der Waals surface area (Å²) in [5.41, 5.74) is -1.20. The summed E-state index contributed by atoms with van der Waals surface area (Å²) >= 11 is 0. The van der Waals surface area contributed by atoms with Gasteiger partial charge in [0, 0.05) is 12.6 Å². The van der Waals surface area contributed by atoms with E-state index < -0.39 is 38.5 Å². The van der Waals surface area contributed by atoms with Crippen molar-refractivity contribution in [3.63, 3.8) is 0 Å². The van der Waals surface area contributed by atoms with E-state index in [0.717, 1.165) is 13.0 Å². The molecule has 0 bridgehead atoms.